The molecule has 5 heteroatoms. The second-order valence-corrected chi connectivity index (χ2v) is 5.26. The zero-order valence-corrected chi connectivity index (χ0v) is 10.8. The number of carboxylic acid groups (broad SMARTS) is 1. The molecule has 0 bridgehead atoms. The van der Waals surface area contributed by atoms with Crippen LogP contribution in [0.1, 0.15) is 39.0 Å². The SMILES string of the molecule is CCCC1CCN(C(=O)[C@@H]2CC[C@H](C(=O)O)O2)C1. The summed E-state index contributed by atoms with van der Waals surface area (Å²) >= 11 is 0. The van der Waals surface area contributed by atoms with E-state index < -0.39 is 18.2 Å². The van der Waals surface area contributed by atoms with Crippen LogP contribution in [0.2, 0.25) is 0 Å². The highest BCUT2D eigenvalue weighted by Gasteiger charge is 2.38. The van der Waals surface area contributed by atoms with Crippen molar-refractivity contribution in [3.05, 3.63) is 0 Å². The summed E-state index contributed by atoms with van der Waals surface area (Å²) in [7, 11) is 0. The van der Waals surface area contributed by atoms with Crippen LogP contribution in [-0.4, -0.2) is 47.2 Å². The molecule has 2 saturated heterocycles. The summed E-state index contributed by atoms with van der Waals surface area (Å²) in [6.07, 6.45) is 3.01. The quantitative estimate of drug-likeness (QED) is 0.821. The first-order valence-corrected chi connectivity index (χ1v) is 6.79. The van der Waals surface area contributed by atoms with E-state index in [0.717, 1.165) is 32.4 Å². The zero-order chi connectivity index (χ0) is 13.1. The number of ether oxygens (including phenoxy) is 1. The second kappa shape index (κ2) is 5.69. The lowest BCUT2D eigenvalue weighted by molar-refractivity contribution is -0.154. The van der Waals surface area contributed by atoms with Gasteiger partial charge in [-0.1, -0.05) is 13.3 Å². The molecule has 0 spiro atoms. The zero-order valence-electron chi connectivity index (χ0n) is 10.8. The molecule has 0 aromatic carbocycles. The Balaban J connectivity index is 1.84. The molecule has 3 atom stereocenters. The Morgan fingerprint density at radius 2 is 2.00 bits per heavy atom. The highest BCUT2D eigenvalue weighted by atomic mass is 16.5. The van der Waals surface area contributed by atoms with E-state index in [9.17, 15) is 9.59 Å². The van der Waals surface area contributed by atoms with Crippen molar-refractivity contribution in [2.75, 3.05) is 13.1 Å². The number of likely N-dealkylation sites (tertiary alicyclic amines) is 1. The van der Waals surface area contributed by atoms with Gasteiger partial charge in [0.1, 0.15) is 6.10 Å². The van der Waals surface area contributed by atoms with E-state index in [1.165, 1.54) is 0 Å². The molecule has 18 heavy (non-hydrogen) atoms. The molecule has 0 radical (unpaired) electrons. The molecule has 0 saturated carbocycles. The van der Waals surface area contributed by atoms with Crippen LogP contribution < -0.4 is 0 Å². The lowest BCUT2D eigenvalue weighted by Crippen LogP contribution is -2.38. The molecule has 2 fully saturated rings. The molecule has 0 aliphatic carbocycles. The van der Waals surface area contributed by atoms with Crippen molar-refractivity contribution in [3.8, 4) is 0 Å². The van der Waals surface area contributed by atoms with Crippen molar-refractivity contribution in [3.63, 3.8) is 0 Å². The Kier molecular flexibility index (Phi) is 4.22. The van der Waals surface area contributed by atoms with Gasteiger partial charge in [0.25, 0.3) is 5.91 Å². The van der Waals surface area contributed by atoms with Gasteiger partial charge in [-0.2, -0.15) is 0 Å². The molecule has 2 aliphatic heterocycles. The number of amides is 1. The molecule has 0 aromatic heterocycles. The fraction of sp³-hybridized carbons (Fsp3) is 0.846. The van der Waals surface area contributed by atoms with Gasteiger partial charge in [-0.25, -0.2) is 4.79 Å². The fourth-order valence-electron chi connectivity index (χ4n) is 2.88. The maximum Gasteiger partial charge on any atom is 0.332 e. The monoisotopic (exact) mass is 255 g/mol. The average Bonchev–Trinajstić information content (AvgIpc) is 2.97. The first-order chi connectivity index (χ1) is 8.61. The summed E-state index contributed by atoms with van der Waals surface area (Å²) in [6.45, 7) is 3.76. The second-order valence-electron chi connectivity index (χ2n) is 5.26. The summed E-state index contributed by atoms with van der Waals surface area (Å²) < 4.78 is 5.30. The fourth-order valence-corrected chi connectivity index (χ4v) is 2.88. The first kappa shape index (κ1) is 13.3. The average molecular weight is 255 g/mol. The number of hydrogen-bond donors (Lipinski definition) is 1. The standard InChI is InChI=1S/C13H21NO4/c1-2-3-9-6-7-14(8-9)12(15)10-4-5-11(18-10)13(16)17/h9-11H,2-8H2,1H3,(H,16,17)/t9?,10-,11+/m0/s1. The molecule has 2 heterocycles. The number of carboxylic acids is 1. The number of aliphatic carboxylic acids is 1. The molecule has 1 amide bonds. The van der Waals surface area contributed by atoms with Crippen LogP contribution in [0.3, 0.4) is 0 Å². The summed E-state index contributed by atoms with van der Waals surface area (Å²) in [5.74, 6) is -0.372. The number of nitrogens with zero attached hydrogens (tertiary/aromatic N) is 1. The predicted octanol–water partition coefficient (Wildman–Crippen LogP) is 1.27. The van der Waals surface area contributed by atoms with Crippen molar-refractivity contribution in [1.29, 1.82) is 0 Å². The number of carbonyl (C=O) groups excluding carboxylic acids is 1. The van der Waals surface area contributed by atoms with Crippen molar-refractivity contribution >= 4 is 11.9 Å². The van der Waals surface area contributed by atoms with Crippen LogP contribution in [-0.2, 0) is 14.3 Å². The summed E-state index contributed by atoms with van der Waals surface area (Å²) in [4.78, 5) is 24.8. The third kappa shape index (κ3) is 2.83. The Hall–Kier alpha value is -1.10. The van der Waals surface area contributed by atoms with E-state index in [1.807, 2.05) is 4.90 Å². The molecule has 2 aliphatic rings. The van der Waals surface area contributed by atoms with Gasteiger partial charge in [-0.15, -0.1) is 0 Å². The number of carbonyl (C=O) groups is 2. The van der Waals surface area contributed by atoms with E-state index in [4.69, 9.17) is 9.84 Å². The maximum atomic E-state index is 12.2. The van der Waals surface area contributed by atoms with Crippen LogP contribution in [0, 0.1) is 5.92 Å². The van der Waals surface area contributed by atoms with Gasteiger partial charge in [-0.05, 0) is 31.6 Å². The molecule has 1 unspecified atom stereocenters. The maximum absolute atomic E-state index is 12.2. The van der Waals surface area contributed by atoms with Crippen LogP contribution >= 0.6 is 0 Å². The normalized spacial score (nSPS) is 31.8. The summed E-state index contributed by atoms with van der Waals surface area (Å²) in [5, 5.41) is 8.84. The summed E-state index contributed by atoms with van der Waals surface area (Å²) in [5.41, 5.74) is 0. The summed E-state index contributed by atoms with van der Waals surface area (Å²) in [6, 6.07) is 0. The van der Waals surface area contributed by atoms with Crippen molar-refractivity contribution < 1.29 is 19.4 Å². The third-order valence-corrected chi connectivity index (χ3v) is 3.86. The highest BCUT2D eigenvalue weighted by Crippen LogP contribution is 2.26. The van der Waals surface area contributed by atoms with Gasteiger partial charge in [0.15, 0.2) is 6.10 Å². The molecule has 0 aromatic rings. The van der Waals surface area contributed by atoms with Crippen molar-refractivity contribution in [2.24, 2.45) is 5.92 Å². The molecule has 1 N–H and O–H groups in total. The first-order valence-electron chi connectivity index (χ1n) is 6.79. The Bertz CT molecular complexity index is 331. The van der Waals surface area contributed by atoms with Crippen LogP contribution in [0.15, 0.2) is 0 Å². The van der Waals surface area contributed by atoms with Gasteiger partial charge in [0.05, 0.1) is 0 Å². The molecular formula is C13H21NO4. The van der Waals surface area contributed by atoms with Gasteiger partial charge >= 0.3 is 5.97 Å². The Morgan fingerprint density at radius 3 is 2.61 bits per heavy atom. The van der Waals surface area contributed by atoms with E-state index >= 15 is 0 Å². The molecule has 2 rings (SSSR count). The van der Waals surface area contributed by atoms with Gasteiger partial charge in [0.2, 0.25) is 0 Å². The molecule has 5 nitrogen and oxygen atoms in total. The minimum Gasteiger partial charge on any atom is -0.479 e. The van der Waals surface area contributed by atoms with E-state index in [-0.39, 0.29) is 5.91 Å². The lowest BCUT2D eigenvalue weighted by atomic mass is 10.0. The van der Waals surface area contributed by atoms with E-state index in [1.54, 1.807) is 0 Å². The molecular weight excluding hydrogens is 234 g/mol. The van der Waals surface area contributed by atoms with Gasteiger partial charge in [0, 0.05) is 13.1 Å². The minimum atomic E-state index is -0.962. The Labute approximate surface area is 107 Å². The van der Waals surface area contributed by atoms with Crippen molar-refractivity contribution in [1.82, 2.24) is 4.90 Å². The van der Waals surface area contributed by atoms with Crippen LogP contribution in [0.5, 0.6) is 0 Å². The topological polar surface area (TPSA) is 66.8 Å². The smallest absolute Gasteiger partial charge is 0.332 e. The van der Waals surface area contributed by atoms with Gasteiger partial charge in [-0.3, -0.25) is 4.79 Å². The Morgan fingerprint density at radius 1 is 1.28 bits per heavy atom. The lowest BCUT2D eigenvalue weighted by Gasteiger charge is -2.20. The largest absolute Gasteiger partial charge is 0.479 e. The predicted molar refractivity (Wildman–Crippen MR) is 65.1 cm³/mol. The minimum absolute atomic E-state index is 0.0163. The third-order valence-electron chi connectivity index (χ3n) is 3.86. The van der Waals surface area contributed by atoms with Crippen molar-refractivity contribution in [2.45, 2.75) is 51.2 Å². The van der Waals surface area contributed by atoms with Crippen LogP contribution in [0.4, 0.5) is 0 Å². The number of hydrogen-bond acceptors (Lipinski definition) is 3. The number of rotatable bonds is 4. The van der Waals surface area contributed by atoms with E-state index in [0.29, 0.717) is 18.8 Å². The van der Waals surface area contributed by atoms with Gasteiger partial charge < -0.3 is 14.7 Å². The highest BCUT2D eigenvalue weighted by molar-refractivity contribution is 5.83. The van der Waals surface area contributed by atoms with E-state index in [2.05, 4.69) is 6.92 Å². The molecule has 102 valence electrons. The van der Waals surface area contributed by atoms with Crippen LogP contribution in [0.25, 0.3) is 0 Å².